The molecule has 7 nitrogen and oxygen atoms in total. The molecule has 1 amide bonds. The topological polar surface area (TPSA) is 86.1 Å². The second-order valence-electron chi connectivity index (χ2n) is 5.57. The molecule has 0 fully saturated rings. The van der Waals surface area contributed by atoms with Gasteiger partial charge in [0.2, 0.25) is 0 Å². The highest BCUT2D eigenvalue weighted by Gasteiger charge is 2.24. The number of nitrogens with zero attached hydrogens (tertiary/aromatic N) is 3. The summed E-state index contributed by atoms with van der Waals surface area (Å²) in [6.45, 7) is 1.52. The summed E-state index contributed by atoms with van der Waals surface area (Å²) < 4.78 is 6.88. The van der Waals surface area contributed by atoms with E-state index in [2.05, 4.69) is 15.4 Å². The first kappa shape index (κ1) is 17.3. The Balaban J connectivity index is 2.01. The Morgan fingerprint density at radius 3 is 2.58 bits per heavy atom. The number of para-hydroxylation sites is 1. The molecule has 7 heteroatoms. The number of carbonyl (C=O) groups excluding carboxylic acids is 2. The van der Waals surface area contributed by atoms with Gasteiger partial charge >= 0.3 is 5.97 Å². The molecule has 1 atom stereocenters. The number of pyridine rings is 1. The Bertz CT molecular complexity index is 907. The molecule has 132 valence electrons. The largest absolute Gasteiger partial charge is 0.449 e. The molecular weight excluding hydrogens is 332 g/mol. The number of likely N-dealkylation sites (N-methyl/N-ethyl adjacent to an activating group) is 1. The maximum atomic E-state index is 12.6. The molecular formula is C19H18N4O3. The van der Waals surface area contributed by atoms with Crippen molar-refractivity contribution in [3.8, 4) is 16.9 Å². The number of ether oxygens (including phenoxy) is 1. The van der Waals surface area contributed by atoms with E-state index in [1.54, 1.807) is 29.3 Å². The Kier molecular flexibility index (Phi) is 5.07. The van der Waals surface area contributed by atoms with E-state index in [0.29, 0.717) is 11.3 Å². The molecule has 0 bridgehead atoms. The van der Waals surface area contributed by atoms with Gasteiger partial charge in [-0.25, -0.2) is 9.48 Å². The first-order chi connectivity index (χ1) is 12.6. The normalized spacial score (nSPS) is 11.6. The molecule has 1 N–H and O–H groups in total. The summed E-state index contributed by atoms with van der Waals surface area (Å²) in [5.41, 5.74) is 2.19. The van der Waals surface area contributed by atoms with E-state index >= 15 is 0 Å². The van der Waals surface area contributed by atoms with Crippen molar-refractivity contribution in [1.82, 2.24) is 20.1 Å². The molecule has 0 saturated heterocycles. The lowest BCUT2D eigenvalue weighted by Gasteiger charge is -2.11. The summed E-state index contributed by atoms with van der Waals surface area (Å²) in [4.78, 5) is 28.4. The van der Waals surface area contributed by atoms with Crippen LogP contribution in [0.5, 0.6) is 0 Å². The number of amides is 1. The van der Waals surface area contributed by atoms with E-state index in [1.807, 2.05) is 36.4 Å². The lowest BCUT2D eigenvalue weighted by Crippen LogP contribution is -2.33. The molecule has 0 aliphatic rings. The van der Waals surface area contributed by atoms with Crippen LogP contribution in [0, 0.1) is 0 Å². The zero-order chi connectivity index (χ0) is 18.5. The van der Waals surface area contributed by atoms with Crippen LogP contribution >= 0.6 is 0 Å². The van der Waals surface area contributed by atoms with Gasteiger partial charge in [-0.15, -0.1) is 0 Å². The lowest BCUT2D eigenvalue weighted by molar-refractivity contribution is -0.128. The van der Waals surface area contributed by atoms with E-state index in [4.69, 9.17) is 4.74 Å². The first-order valence-electron chi connectivity index (χ1n) is 8.08. The monoisotopic (exact) mass is 350 g/mol. The first-order valence-corrected chi connectivity index (χ1v) is 8.08. The van der Waals surface area contributed by atoms with Gasteiger partial charge in [0, 0.05) is 31.2 Å². The molecule has 26 heavy (non-hydrogen) atoms. The molecule has 2 heterocycles. The van der Waals surface area contributed by atoms with Crippen LogP contribution in [-0.2, 0) is 9.53 Å². The van der Waals surface area contributed by atoms with Crippen LogP contribution in [0.3, 0.4) is 0 Å². The third kappa shape index (κ3) is 3.61. The molecule has 1 aromatic carbocycles. The molecule has 0 spiro atoms. The third-order valence-electron chi connectivity index (χ3n) is 3.79. The Hall–Kier alpha value is -3.48. The van der Waals surface area contributed by atoms with Gasteiger partial charge < -0.3 is 10.1 Å². The Morgan fingerprint density at radius 2 is 1.92 bits per heavy atom. The molecule has 0 saturated carbocycles. The summed E-state index contributed by atoms with van der Waals surface area (Å²) in [6.07, 6.45) is 3.95. The maximum Gasteiger partial charge on any atom is 0.342 e. The van der Waals surface area contributed by atoms with Crippen LogP contribution < -0.4 is 5.32 Å². The fraction of sp³-hybridized carbons (Fsp3) is 0.158. The van der Waals surface area contributed by atoms with Crippen molar-refractivity contribution in [2.45, 2.75) is 13.0 Å². The number of carbonyl (C=O) groups is 2. The van der Waals surface area contributed by atoms with E-state index in [-0.39, 0.29) is 11.5 Å². The van der Waals surface area contributed by atoms with Crippen LogP contribution in [0.15, 0.2) is 61.1 Å². The average Bonchev–Trinajstić information content (AvgIpc) is 3.14. The zero-order valence-corrected chi connectivity index (χ0v) is 14.4. The van der Waals surface area contributed by atoms with Crippen LogP contribution in [0.4, 0.5) is 0 Å². The van der Waals surface area contributed by atoms with E-state index in [9.17, 15) is 9.59 Å². The van der Waals surface area contributed by atoms with Gasteiger partial charge in [-0.05, 0) is 31.2 Å². The third-order valence-corrected chi connectivity index (χ3v) is 3.79. The van der Waals surface area contributed by atoms with Crippen LogP contribution in [0.1, 0.15) is 17.3 Å². The summed E-state index contributed by atoms with van der Waals surface area (Å²) in [6, 6.07) is 13.0. The van der Waals surface area contributed by atoms with Crippen molar-refractivity contribution in [3.05, 3.63) is 66.6 Å². The number of aromatic nitrogens is 3. The highest BCUT2D eigenvalue weighted by Crippen LogP contribution is 2.24. The number of hydrogen-bond acceptors (Lipinski definition) is 5. The molecule has 2 aromatic heterocycles. The van der Waals surface area contributed by atoms with E-state index in [1.165, 1.54) is 14.0 Å². The van der Waals surface area contributed by atoms with Crippen molar-refractivity contribution in [3.63, 3.8) is 0 Å². The van der Waals surface area contributed by atoms with Gasteiger partial charge in [0.1, 0.15) is 11.3 Å². The van der Waals surface area contributed by atoms with Crippen molar-refractivity contribution in [1.29, 1.82) is 0 Å². The lowest BCUT2D eigenvalue weighted by atomic mass is 10.1. The van der Waals surface area contributed by atoms with Crippen molar-refractivity contribution in [2.75, 3.05) is 7.05 Å². The molecule has 3 rings (SSSR count). The van der Waals surface area contributed by atoms with Crippen molar-refractivity contribution < 1.29 is 14.3 Å². The fourth-order valence-corrected chi connectivity index (χ4v) is 2.43. The van der Waals surface area contributed by atoms with Gasteiger partial charge in [-0.2, -0.15) is 5.10 Å². The number of rotatable bonds is 5. The summed E-state index contributed by atoms with van der Waals surface area (Å²) >= 11 is 0. The molecule has 3 aromatic rings. The zero-order valence-electron chi connectivity index (χ0n) is 14.4. The van der Waals surface area contributed by atoms with Crippen molar-refractivity contribution in [2.24, 2.45) is 0 Å². The standard InChI is InChI=1S/C19H18N4O3/c1-13(18(24)20-2)26-19(25)16-12-23(15-8-4-3-5-9-15)22-17(16)14-7-6-10-21-11-14/h3-13H,1-2H3,(H,20,24)/t13-/m1/s1. The summed E-state index contributed by atoms with van der Waals surface area (Å²) in [5, 5.41) is 6.97. The van der Waals surface area contributed by atoms with Crippen LogP contribution in [0.2, 0.25) is 0 Å². The van der Waals surface area contributed by atoms with Gasteiger partial charge in [0.05, 0.1) is 5.69 Å². The minimum absolute atomic E-state index is 0.262. The van der Waals surface area contributed by atoms with Crippen LogP contribution in [-0.4, -0.2) is 39.8 Å². The average molecular weight is 350 g/mol. The van der Waals surface area contributed by atoms with E-state index < -0.39 is 12.1 Å². The van der Waals surface area contributed by atoms with Crippen LogP contribution in [0.25, 0.3) is 16.9 Å². The summed E-state index contributed by atoms with van der Waals surface area (Å²) in [5.74, 6) is -1.00. The predicted octanol–water partition coefficient (Wildman–Crippen LogP) is 2.23. The highest BCUT2D eigenvalue weighted by atomic mass is 16.5. The van der Waals surface area contributed by atoms with Gasteiger partial charge in [0.25, 0.3) is 5.91 Å². The number of hydrogen-bond donors (Lipinski definition) is 1. The molecule has 0 aliphatic carbocycles. The summed E-state index contributed by atoms with van der Waals surface area (Å²) in [7, 11) is 1.49. The Morgan fingerprint density at radius 1 is 1.15 bits per heavy atom. The smallest absolute Gasteiger partial charge is 0.342 e. The van der Waals surface area contributed by atoms with E-state index in [0.717, 1.165) is 5.69 Å². The molecule has 0 unspecified atom stereocenters. The second-order valence-corrected chi connectivity index (χ2v) is 5.57. The van der Waals surface area contributed by atoms with Gasteiger partial charge in [-0.3, -0.25) is 9.78 Å². The SMILES string of the molecule is CNC(=O)[C@@H](C)OC(=O)c1cn(-c2ccccc2)nc1-c1cccnc1. The minimum atomic E-state index is -0.908. The number of esters is 1. The quantitative estimate of drug-likeness (QED) is 0.713. The van der Waals surface area contributed by atoms with Gasteiger partial charge in [-0.1, -0.05) is 18.2 Å². The van der Waals surface area contributed by atoms with Crippen molar-refractivity contribution >= 4 is 11.9 Å². The fourth-order valence-electron chi connectivity index (χ4n) is 2.43. The number of benzene rings is 1. The molecule has 0 aliphatic heterocycles. The maximum absolute atomic E-state index is 12.6. The minimum Gasteiger partial charge on any atom is -0.449 e. The predicted molar refractivity (Wildman–Crippen MR) is 95.7 cm³/mol. The molecule has 0 radical (unpaired) electrons. The number of nitrogens with one attached hydrogen (secondary N) is 1. The van der Waals surface area contributed by atoms with Gasteiger partial charge in [0.15, 0.2) is 6.10 Å². The Labute approximate surface area is 150 Å². The second kappa shape index (κ2) is 7.60. The highest BCUT2D eigenvalue weighted by molar-refractivity contribution is 5.97.